The molecule has 1 amide bonds. The van der Waals surface area contributed by atoms with Gasteiger partial charge in [0.15, 0.2) is 0 Å². The maximum Gasteiger partial charge on any atom is 0.246 e. The Morgan fingerprint density at radius 1 is 1.28 bits per heavy atom. The van der Waals surface area contributed by atoms with E-state index in [0.717, 1.165) is 5.69 Å². The number of rotatable bonds is 3. The standard InChI is InChI=1S/C11H12Cl2N2O2S/c1-18(17)3-2-8-11(16)15-10-5-7(13)6(12)4-9(10)14-8/h4-5,8,14H,2-3H2,1H3,(H,15,16). The van der Waals surface area contributed by atoms with Crippen molar-refractivity contribution in [3.8, 4) is 0 Å². The molecule has 1 aromatic rings. The van der Waals surface area contributed by atoms with E-state index in [4.69, 9.17) is 23.2 Å². The SMILES string of the molecule is CS(=O)CCC1Nc2cc(Cl)c(Cl)cc2NC1=O. The summed E-state index contributed by atoms with van der Waals surface area (Å²) in [6.07, 6.45) is 2.12. The third kappa shape index (κ3) is 2.96. The van der Waals surface area contributed by atoms with Crippen LogP contribution in [-0.2, 0) is 15.6 Å². The van der Waals surface area contributed by atoms with Crippen molar-refractivity contribution >= 4 is 51.3 Å². The van der Waals surface area contributed by atoms with Crippen LogP contribution >= 0.6 is 23.2 Å². The molecule has 1 aliphatic heterocycles. The molecule has 2 unspecified atom stereocenters. The van der Waals surface area contributed by atoms with E-state index >= 15 is 0 Å². The Morgan fingerprint density at radius 3 is 2.50 bits per heavy atom. The number of halogens is 2. The molecule has 0 aromatic heterocycles. The number of nitrogens with one attached hydrogen (secondary N) is 2. The van der Waals surface area contributed by atoms with E-state index in [1.807, 2.05) is 0 Å². The Balaban J connectivity index is 2.19. The fourth-order valence-electron chi connectivity index (χ4n) is 1.73. The van der Waals surface area contributed by atoms with Crippen LogP contribution in [0.3, 0.4) is 0 Å². The van der Waals surface area contributed by atoms with Gasteiger partial charge in [0.05, 0.1) is 21.4 Å². The zero-order valence-corrected chi connectivity index (χ0v) is 12.0. The smallest absolute Gasteiger partial charge is 0.246 e. The molecule has 4 nitrogen and oxygen atoms in total. The zero-order chi connectivity index (χ0) is 13.3. The molecule has 0 saturated carbocycles. The summed E-state index contributed by atoms with van der Waals surface area (Å²) in [4.78, 5) is 11.8. The first-order valence-electron chi connectivity index (χ1n) is 5.34. The number of amides is 1. The lowest BCUT2D eigenvalue weighted by molar-refractivity contribution is -0.117. The summed E-state index contributed by atoms with van der Waals surface area (Å²) < 4.78 is 11.1. The molecule has 1 aromatic carbocycles. The molecule has 0 aliphatic carbocycles. The van der Waals surface area contributed by atoms with Crippen molar-refractivity contribution in [2.45, 2.75) is 12.5 Å². The average Bonchev–Trinajstić information content (AvgIpc) is 2.29. The van der Waals surface area contributed by atoms with Gasteiger partial charge in [-0.05, 0) is 18.6 Å². The lowest BCUT2D eigenvalue weighted by Gasteiger charge is -2.27. The van der Waals surface area contributed by atoms with Gasteiger partial charge >= 0.3 is 0 Å². The van der Waals surface area contributed by atoms with E-state index in [1.165, 1.54) is 0 Å². The number of hydrogen-bond acceptors (Lipinski definition) is 3. The van der Waals surface area contributed by atoms with Crippen LogP contribution in [0.25, 0.3) is 0 Å². The molecule has 2 N–H and O–H groups in total. The van der Waals surface area contributed by atoms with E-state index in [-0.39, 0.29) is 5.91 Å². The van der Waals surface area contributed by atoms with Crippen molar-refractivity contribution in [2.24, 2.45) is 0 Å². The predicted molar refractivity (Wildman–Crippen MR) is 76.1 cm³/mol. The molecule has 0 saturated heterocycles. The first-order chi connectivity index (χ1) is 8.47. The molecule has 0 bridgehead atoms. The summed E-state index contributed by atoms with van der Waals surface area (Å²) in [6.45, 7) is 0. The molecule has 2 atom stereocenters. The van der Waals surface area contributed by atoms with E-state index in [0.29, 0.717) is 27.9 Å². The van der Waals surface area contributed by atoms with Gasteiger partial charge in [0.2, 0.25) is 5.91 Å². The van der Waals surface area contributed by atoms with E-state index < -0.39 is 16.8 Å². The van der Waals surface area contributed by atoms with Crippen LogP contribution in [0.2, 0.25) is 10.0 Å². The van der Waals surface area contributed by atoms with Crippen molar-refractivity contribution < 1.29 is 9.00 Å². The van der Waals surface area contributed by atoms with Gasteiger partial charge in [-0.25, -0.2) is 0 Å². The van der Waals surface area contributed by atoms with Crippen LogP contribution in [0, 0.1) is 0 Å². The molecule has 1 aliphatic rings. The maximum absolute atomic E-state index is 11.8. The second kappa shape index (κ2) is 5.47. The van der Waals surface area contributed by atoms with Crippen LogP contribution < -0.4 is 10.6 Å². The van der Waals surface area contributed by atoms with Crippen molar-refractivity contribution in [2.75, 3.05) is 22.6 Å². The summed E-state index contributed by atoms with van der Waals surface area (Å²) >= 11 is 11.8. The highest BCUT2D eigenvalue weighted by molar-refractivity contribution is 7.84. The molecule has 0 fully saturated rings. The Morgan fingerprint density at radius 2 is 1.89 bits per heavy atom. The minimum atomic E-state index is -0.915. The van der Waals surface area contributed by atoms with Crippen LogP contribution in [0.4, 0.5) is 11.4 Å². The summed E-state index contributed by atoms with van der Waals surface area (Å²) in [5.74, 6) is 0.327. The first-order valence-corrected chi connectivity index (χ1v) is 7.82. The second-order valence-corrected chi connectivity index (χ2v) is 6.43. The summed E-state index contributed by atoms with van der Waals surface area (Å²) in [5.41, 5.74) is 1.35. The Labute approximate surface area is 117 Å². The quantitative estimate of drug-likeness (QED) is 0.902. The summed E-state index contributed by atoms with van der Waals surface area (Å²) in [7, 11) is -0.915. The monoisotopic (exact) mass is 306 g/mol. The van der Waals surface area contributed by atoms with Crippen LogP contribution in [0.1, 0.15) is 6.42 Å². The first kappa shape index (κ1) is 13.6. The highest BCUT2D eigenvalue weighted by atomic mass is 35.5. The topological polar surface area (TPSA) is 58.2 Å². The predicted octanol–water partition coefficient (Wildman–Crippen LogP) is 2.49. The van der Waals surface area contributed by atoms with Gasteiger partial charge in [-0.2, -0.15) is 0 Å². The van der Waals surface area contributed by atoms with E-state index in [2.05, 4.69) is 10.6 Å². The van der Waals surface area contributed by atoms with Crippen molar-refractivity contribution in [3.05, 3.63) is 22.2 Å². The van der Waals surface area contributed by atoms with E-state index in [1.54, 1.807) is 18.4 Å². The average molecular weight is 307 g/mol. The Hall–Kier alpha value is -0.780. The molecule has 98 valence electrons. The fraction of sp³-hybridized carbons (Fsp3) is 0.364. The minimum Gasteiger partial charge on any atom is -0.372 e. The largest absolute Gasteiger partial charge is 0.372 e. The van der Waals surface area contributed by atoms with Gasteiger partial charge in [-0.1, -0.05) is 23.2 Å². The lowest BCUT2D eigenvalue weighted by atomic mass is 10.1. The van der Waals surface area contributed by atoms with Gasteiger partial charge in [0.1, 0.15) is 6.04 Å². The molecule has 0 radical (unpaired) electrons. The van der Waals surface area contributed by atoms with Gasteiger partial charge in [-0.3, -0.25) is 9.00 Å². The molecule has 0 spiro atoms. The summed E-state index contributed by atoms with van der Waals surface area (Å²) in [6, 6.07) is 2.89. The maximum atomic E-state index is 11.8. The van der Waals surface area contributed by atoms with Gasteiger partial charge in [0, 0.05) is 22.8 Å². The number of anilines is 2. The molecular formula is C11H12Cl2N2O2S. The molecule has 18 heavy (non-hydrogen) atoms. The van der Waals surface area contributed by atoms with Crippen molar-refractivity contribution in [3.63, 3.8) is 0 Å². The molecule has 2 rings (SSSR count). The Kier molecular flexibility index (Phi) is 4.14. The Bertz CT molecular complexity index is 522. The van der Waals surface area contributed by atoms with Gasteiger partial charge in [0.25, 0.3) is 0 Å². The van der Waals surface area contributed by atoms with Crippen LogP contribution in [-0.4, -0.2) is 28.2 Å². The number of benzene rings is 1. The highest BCUT2D eigenvalue weighted by Crippen LogP contribution is 2.35. The third-order valence-corrected chi connectivity index (χ3v) is 4.19. The van der Waals surface area contributed by atoms with E-state index in [9.17, 15) is 9.00 Å². The van der Waals surface area contributed by atoms with Gasteiger partial charge < -0.3 is 10.6 Å². The third-order valence-electron chi connectivity index (χ3n) is 2.66. The normalized spacial score (nSPS) is 19.7. The number of carbonyl (C=O) groups is 1. The number of fused-ring (bicyclic) bond motifs is 1. The lowest BCUT2D eigenvalue weighted by Crippen LogP contribution is -2.39. The molecule has 7 heteroatoms. The van der Waals surface area contributed by atoms with Crippen molar-refractivity contribution in [1.29, 1.82) is 0 Å². The summed E-state index contributed by atoms with van der Waals surface area (Å²) in [5, 5.41) is 6.66. The van der Waals surface area contributed by atoms with Crippen LogP contribution in [0.15, 0.2) is 12.1 Å². The highest BCUT2D eigenvalue weighted by Gasteiger charge is 2.26. The molecule has 1 heterocycles. The van der Waals surface area contributed by atoms with Gasteiger partial charge in [-0.15, -0.1) is 0 Å². The second-order valence-electron chi connectivity index (χ2n) is 4.06. The van der Waals surface area contributed by atoms with Crippen LogP contribution in [0.5, 0.6) is 0 Å². The fourth-order valence-corrected chi connectivity index (χ4v) is 2.62. The number of hydrogen-bond donors (Lipinski definition) is 2. The zero-order valence-electron chi connectivity index (χ0n) is 9.63. The molecular weight excluding hydrogens is 295 g/mol. The van der Waals surface area contributed by atoms with Crippen molar-refractivity contribution in [1.82, 2.24) is 0 Å². The minimum absolute atomic E-state index is 0.147. The number of carbonyl (C=O) groups excluding carboxylic acids is 1.